The third-order valence-corrected chi connectivity index (χ3v) is 5.65. The van der Waals surface area contributed by atoms with E-state index in [0.29, 0.717) is 37.3 Å². The summed E-state index contributed by atoms with van der Waals surface area (Å²) in [5.74, 6) is 0.335. The molecule has 1 N–H and O–H groups in total. The standard InChI is InChI=1S/C16H15N3O4S2/c1-3-23-16(21)13-9(2)12-14(20)17-10(18-15(12)25-13)8-24-11-6-4-5-7-19(11)22/h4-7H,3,8H2,1-2H3,(H,17,18,20). The Balaban J connectivity index is 1.92. The first kappa shape index (κ1) is 17.4. The van der Waals surface area contributed by atoms with E-state index < -0.39 is 5.97 Å². The van der Waals surface area contributed by atoms with E-state index in [1.807, 2.05) is 0 Å². The average Bonchev–Trinajstić information content (AvgIpc) is 2.92. The predicted molar refractivity (Wildman–Crippen MR) is 95.9 cm³/mol. The van der Waals surface area contributed by atoms with E-state index in [1.54, 1.807) is 32.0 Å². The molecule has 0 atom stereocenters. The number of nitrogens with one attached hydrogen (secondary N) is 1. The molecule has 9 heteroatoms. The number of pyridine rings is 1. The van der Waals surface area contributed by atoms with Crippen molar-refractivity contribution in [3.63, 3.8) is 0 Å². The van der Waals surface area contributed by atoms with Crippen LogP contribution in [0.3, 0.4) is 0 Å². The molecule has 130 valence electrons. The number of carbonyl (C=O) groups is 1. The van der Waals surface area contributed by atoms with E-state index in [4.69, 9.17) is 4.74 Å². The Kier molecular flexibility index (Phi) is 5.05. The van der Waals surface area contributed by atoms with Crippen LogP contribution in [0.2, 0.25) is 0 Å². The van der Waals surface area contributed by atoms with Gasteiger partial charge in [-0.3, -0.25) is 4.79 Å². The van der Waals surface area contributed by atoms with Crippen molar-refractivity contribution in [3.8, 4) is 0 Å². The predicted octanol–water partition coefficient (Wildman–Crippen LogP) is 2.40. The van der Waals surface area contributed by atoms with Crippen molar-refractivity contribution in [2.45, 2.75) is 24.6 Å². The summed E-state index contributed by atoms with van der Waals surface area (Å²) < 4.78 is 5.78. The van der Waals surface area contributed by atoms with Gasteiger partial charge in [0.05, 0.1) is 17.7 Å². The summed E-state index contributed by atoms with van der Waals surface area (Å²) in [6, 6.07) is 5.11. The number of hydrogen-bond donors (Lipinski definition) is 1. The molecule has 0 radical (unpaired) electrons. The van der Waals surface area contributed by atoms with Crippen LogP contribution in [0.5, 0.6) is 0 Å². The first-order valence-electron chi connectivity index (χ1n) is 7.51. The molecule has 25 heavy (non-hydrogen) atoms. The third-order valence-electron chi connectivity index (χ3n) is 3.46. The molecule has 0 aromatic carbocycles. The van der Waals surface area contributed by atoms with E-state index in [9.17, 15) is 14.8 Å². The highest BCUT2D eigenvalue weighted by molar-refractivity contribution is 7.98. The maximum atomic E-state index is 12.4. The Hall–Kier alpha value is -2.39. The van der Waals surface area contributed by atoms with Crippen LogP contribution in [0.1, 0.15) is 28.0 Å². The minimum atomic E-state index is -0.449. The minimum Gasteiger partial charge on any atom is -0.618 e. The van der Waals surface area contributed by atoms with Crippen LogP contribution in [0.25, 0.3) is 10.2 Å². The Morgan fingerprint density at radius 2 is 2.28 bits per heavy atom. The molecule has 0 bridgehead atoms. The molecular weight excluding hydrogens is 362 g/mol. The lowest BCUT2D eigenvalue weighted by molar-refractivity contribution is -0.645. The van der Waals surface area contributed by atoms with Crippen molar-refractivity contribution in [3.05, 3.63) is 56.2 Å². The third kappa shape index (κ3) is 3.52. The Bertz CT molecular complexity index is 997. The molecule has 0 spiro atoms. The number of hydrogen-bond acceptors (Lipinski definition) is 7. The fourth-order valence-corrected chi connectivity index (χ4v) is 4.19. The number of carbonyl (C=O) groups excluding carboxylic acids is 1. The molecule has 0 fully saturated rings. The molecule has 7 nitrogen and oxygen atoms in total. The van der Waals surface area contributed by atoms with E-state index in [1.165, 1.54) is 18.0 Å². The van der Waals surface area contributed by atoms with Crippen LogP contribution < -0.4 is 10.3 Å². The minimum absolute atomic E-state index is 0.268. The zero-order chi connectivity index (χ0) is 18.0. The number of thiophene rings is 1. The number of nitrogens with zero attached hydrogens (tertiary/aromatic N) is 2. The summed E-state index contributed by atoms with van der Waals surface area (Å²) in [7, 11) is 0. The summed E-state index contributed by atoms with van der Waals surface area (Å²) in [5.41, 5.74) is 0.278. The fourth-order valence-electron chi connectivity index (χ4n) is 2.31. The van der Waals surface area contributed by atoms with E-state index in [-0.39, 0.29) is 12.2 Å². The molecule has 0 saturated heterocycles. The van der Waals surface area contributed by atoms with E-state index in [0.717, 1.165) is 16.1 Å². The number of ether oxygens (including phenoxy) is 1. The quantitative estimate of drug-likeness (QED) is 0.317. The van der Waals surface area contributed by atoms with Gasteiger partial charge in [0.15, 0.2) is 6.20 Å². The van der Waals surface area contributed by atoms with Gasteiger partial charge in [-0.15, -0.1) is 11.3 Å². The van der Waals surface area contributed by atoms with Gasteiger partial charge >= 0.3 is 5.97 Å². The number of rotatable bonds is 5. The van der Waals surface area contributed by atoms with Gasteiger partial charge in [0.2, 0.25) is 0 Å². The first-order chi connectivity index (χ1) is 12.0. The fraction of sp³-hybridized carbons (Fsp3) is 0.250. The van der Waals surface area contributed by atoms with Crippen molar-refractivity contribution in [1.29, 1.82) is 0 Å². The molecule has 0 amide bonds. The highest BCUT2D eigenvalue weighted by atomic mass is 32.2. The zero-order valence-electron chi connectivity index (χ0n) is 13.6. The summed E-state index contributed by atoms with van der Waals surface area (Å²) in [5, 5.41) is 12.6. The molecule has 3 heterocycles. The number of aromatic nitrogens is 3. The topological polar surface area (TPSA) is 99.0 Å². The summed E-state index contributed by atoms with van der Waals surface area (Å²) in [4.78, 5) is 32.4. The molecule has 3 aromatic heterocycles. The van der Waals surface area contributed by atoms with Crippen LogP contribution in [-0.4, -0.2) is 22.5 Å². The highest BCUT2D eigenvalue weighted by Gasteiger charge is 2.20. The van der Waals surface area contributed by atoms with Gasteiger partial charge in [-0.25, -0.2) is 9.78 Å². The van der Waals surface area contributed by atoms with Crippen LogP contribution in [0.15, 0.2) is 34.2 Å². The first-order valence-corrected chi connectivity index (χ1v) is 9.32. The molecule has 3 rings (SSSR count). The molecule has 0 aliphatic carbocycles. The van der Waals surface area contributed by atoms with Crippen LogP contribution in [-0.2, 0) is 10.5 Å². The number of esters is 1. The van der Waals surface area contributed by atoms with Gasteiger partial charge in [0, 0.05) is 12.1 Å². The summed E-state index contributed by atoms with van der Waals surface area (Å²) in [6.07, 6.45) is 1.41. The smallest absolute Gasteiger partial charge is 0.348 e. The summed E-state index contributed by atoms with van der Waals surface area (Å²) >= 11 is 2.42. The van der Waals surface area contributed by atoms with Gasteiger partial charge in [0.25, 0.3) is 10.6 Å². The van der Waals surface area contributed by atoms with Gasteiger partial charge in [-0.1, -0.05) is 0 Å². The number of aryl methyl sites for hydroxylation is 1. The van der Waals surface area contributed by atoms with Crippen molar-refractivity contribution >= 4 is 39.3 Å². The molecule has 0 aliphatic rings. The van der Waals surface area contributed by atoms with Crippen LogP contribution in [0, 0.1) is 12.1 Å². The van der Waals surface area contributed by atoms with Crippen LogP contribution in [0.4, 0.5) is 0 Å². The van der Waals surface area contributed by atoms with E-state index in [2.05, 4.69) is 9.97 Å². The number of H-pyrrole nitrogens is 1. The Morgan fingerprint density at radius 3 is 3.00 bits per heavy atom. The monoisotopic (exact) mass is 377 g/mol. The second kappa shape index (κ2) is 7.24. The lowest BCUT2D eigenvalue weighted by Crippen LogP contribution is -2.27. The lowest BCUT2D eigenvalue weighted by atomic mass is 10.2. The maximum Gasteiger partial charge on any atom is 0.348 e. The molecule has 0 saturated carbocycles. The number of fused-ring (bicyclic) bond motifs is 1. The SMILES string of the molecule is CCOC(=O)c1sc2nc(CSc3cccc[n+]3[O-])[nH]c(=O)c2c1C. The largest absolute Gasteiger partial charge is 0.618 e. The van der Waals surface area contributed by atoms with Gasteiger partial charge in [-0.05, 0) is 37.2 Å². The Morgan fingerprint density at radius 1 is 1.48 bits per heavy atom. The van der Waals surface area contributed by atoms with Crippen molar-refractivity contribution in [2.24, 2.45) is 0 Å². The molecular formula is C16H15N3O4S2. The maximum absolute atomic E-state index is 12.4. The van der Waals surface area contributed by atoms with E-state index >= 15 is 0 Å². The highest BCUT2D eigenvalue weighted by Crippen LogP contribution is 2.28. The van der Waals surface area contributed by atoms with Crippen molar-refractivity contribution in [2.75, 3.05) is 6.61 Å². The molecule has 0 aliphatic heterocycles. The van der Waals surface area contributed by atoms with Crippen molar-refractivity contribution < 1.29 is 14.3 Å². The zero-order valence-corrected chi connectivity index (χ0v) is 15.2. The van der Waals surface area contributed by atoms with Crippen LogP contribution >= 0.6 is 23.1 Å². The number of aromatic amines is 1. The number of thioether (sulfide) groups is 1. The molecule has 3 aromatic rings. The van der Waals surface area contributed by atoms with Gasteiger partial charge in [-0.2, -0.15) is 4.73 Å². The summed E-state index contributed by atoms with van der Waals surface area (Å²) in [6.45, 7) is 3.71. The second-order valence-electron chi connectivity index (χ2n) is 5.12. The van der Waals surface area contributed by atoms with Crippen molar-refractivity contribution in [1.82, 2.24) is 9.97 Å². The Labute approximate surface area is 151 Å². The average molecular weight is 377 g/mol. The lowest BCUT2D eigenvalue weighted by Gasteiger charge is -2.03. The second-order valence-corrected chi connectivity index (χ2v) is 7.12. The van der Waals surface area contributed by atoms with Gasteiger partial charge < -0.3 is 14.9 Å². The van der Waals surface area contributed by atoms with Gasteiger partial charge in [0.1, 0.15) is 15.5 Å². The normalized spacial score (nSPS) is 11.0. The molecule has 0 unspecified atom stereocenters.